The molecule has 0 radical (unpaired) electrons. The lowest BCUT2D eigenvalue weighted by atomic mass is 9.43. The van der Waals surface area contributed by atoms with E-state index in [1.165, 1.54) is 6.07 Å². The predicted molar refractivity (Wildman–Crippen MR) is 182 cm³/mol. The van der Waals surface area contributed by atoms with Crippen LogP contribution < -0.4 is 15.7 Å². The topological polar surface area (TPSA) is 135 Å². The van der Waals surface area contributed by atoms with Crippen molar-refractivity contribution in [3.63, 3.8) is 0 Å². The highest BCUT2D eigenvalue weighted by Crippen LogP contribution is 2.70. The van der Waals surface area contributed by atoms with Crippen LogP contribution in [0, 0.1) is 35.5 Å². The van der Waals surface area contributed by atoms with Crippen LogP contribution in [0.2, 0.25) is 0 Å². The third-order valence-electron chi connectivity index (χ3n) is 13.9. The molecule has 0 aliphatic heterocycles. The van der Waals surface area contributed by atoms with Gasteiger partial charge in [0, 0.05) is 23.6 Å². The highest BCUT2D eigenvalue weighted by atomic mass is 32.2. The zero-order chi connectivity index (χ0) is 33.9. The number of amides is 1. The summed E-state index contributed by atoms with van der Waals surface area (Å²) in [5.41, 5.74) is 0.821. The molecular formula is C38H52N2O7S. The Morgan fingerprint density at radius 2 is 1.60 bits per heavy atom. The lowest BCUT2D eigenvalue weighted by Crippen LogP contribution is -2.62. The van der Waals surface area contributed by atoms with Gasteiger partial charge in [0.1, 0.15) is 6.10 Å². The molecule has 5 saturated carbocycles. The van der Waals surface area contributed by atoms with E-state index in [0.29, 0.717) is 37.5 Å². The van der Waals surface area contributed by atoms with E-state index in [1.54, 1.807) is 30.5 Å². The molecule has 3 N–H and O–H groups in total. The summed E-state index contributed by atoms with van der Waals surface area (Å²) in [5, 5.41) is 15.6. The first-order chi connectivity index (χ1) is 22.8. The zero-order valence-corrected chi connectivity index (χ0v) is 29.4. The second-order valence-corrected chi connectivity index (χ2v) is 18.0. The highest BCUT2D eigenvalue weighted by molar-refractivity contribution is 7.89. The lowest BCUT2D eigenvalue weighted by Gasteiger charge is -2.63. The molecule has 1 aromatic carbocycles. The number of aryl methyl sites for hydroxylation is 1. The minimum atomic E-state index is -3.57. The molecule has 262 valence electrons. The van der Waals surface area contributed by atoms with Crippen LogP contribution in [0.25, 0.3) is 0 Å². The van der Waals surface area contributed by atoms with Gasteiger partial charge in [-0.2, -0.15) is 0 Å². The molecule has 5 fully saturated rings. The van der Waals surface area contributed by atoms with E-state index in [-0.39, 0.29) is 57.5 Å². The van der Waals surface area contributed by atoms with E-state index >= 15 is 0 Å². The summed E-state index contributed by atoms with van der Waals surface area (Å²) in [6, 6.07) is 10.1. The Morgan fingerprint density at radius 1 is 0.875 bits per heavy atom. The number of fused-ring (bicyclic) bond motifs is 5. The van der Waals surface area contributed by atoms with Crippen LogP contribution in [-0.2, 0) is 14.8 Å². The highest BCUT2D eigenvalue weighted by Gasteiger charge is 2.67. The fourth-order valence-corrected chi connectivity index (χ4v) is 12.4. The summed E-state index contributed by atoms with van der Waals surface area (Å²) < 4.78 is 39.8. The van der Waals surface area contributed by atoms with Gasteiger partial charge in [-0.3, -0.25) is 0 Å². The van der Waals surface area contributed by atoms with Crippen molar-refractivity contribution in [3.8, 4) is 0 Å². The third-order valence-corrected chi connectivity index (χ3v) is 15.4. The number of nitrogens with one attached hydrogen (secondary N) is 2. The van der Waals surface area contributed by atoms with Crippen molar-refractivity contribution < 1.29 is 27.5 Å². The zero-order valence-electron chi connectivity index (χ0n) is 28.6. The van der Waals surface area contributed by atoms with Crippen LogP contribution in [0.5, 0.6) is 0 Å². The quantitative estimate of drug-likeness (QED) is 0.314. The van der Waals surface area contributed by atoms with Crippen LogP contribution in [0.4, 0.5) is 4.79 Å². The average molecular weight is 681 g/mol. The standard InChI is InChI=1S/C38H52N2O7S/c1-24-4-12-30(13-5-24)48(44,45)40-28-10-8-27(9-11-28)39-35(42)47-29-16-19-36(2)26(22-29)7-14-33-32(36)17-20-37(3)31(18-21-38(33,37)43)25-6-15-34(41)46-23-25/h4-6,12-13,15,23,26-29,31-33,40,43H,7-11,14,16-22H2,1-3H3,(H,39,42)/t26-,27?,28?,29+,31-,32+,33-,36+,37-,38+/m1/s1. The van der Waals surface area contributed by atoms with E-state index in [9.17, 15) is 23.1 Å². The largest absolute Gasteiger partial charge is 0.446 e. The van der Waals surface area contributed by atoms with E-state index in [0.717, 1.165) is 68.9 Å². The molecule has 0 spiro atoms. The number of aliphatic hydroxyl groups is 1. The van der Waals surface area contributed by atoms with Crippen molar-refractivity contribution in [2.75, 3.05) is 0 Å². The summed E-state index contributed by atoms with van der Waals surface area (Å²) in [7, 11) is -3.57. The number of carbonyl (C=O) groups excluding carboxylic acids is 1. The molecule has 1 amide bonds. The average Bonchev–Trinajstić information content (AvgIpc) is 3.33. The number of ether oxygens (including phenoxy) is 1. The molecule has 48 heavy (non-hydrogen) atoms. The molecule has 10 heteroatoms. The Kier molecular flexibility index (Phi) is 8.85. The number of rotatable bonds is 6. The van der Waals surface area contributed by atoms with Crippen LogP contribution >= 0.6 is 0 Å². The lowest BCUT2D eigenvalue weighted by molar-refractivity contribution is -0.205. The van der Waals surface area contributed by atoms with Gasteiger partial charge in [-0.25, -0.2) is 22.7 Å². The Hall–Kier alpha value is -2.69. The summed E-state index contributed by atoms with van der Waals surface area (Å²) >= 11 is 0. The normalized spacial score (nSPS) is 39.5. The molecule has 5 aliphatic carbocycles. The predicted octanol–water partition coefficient (Wildman–Crippen LogP) is 6.57. The molecule has 2 aromatic rings. The van der Waals surface area contributed by atoms with Crippen molar-refractivity contribution in [1.29, 1.82) is 0 Å². The first-order valence-electron chi connectivity index (χ1n) is 18.2. The molecule has 5 aliphatic rings. The minimum absolute atomic E-state index is 0.0265. The molecule has 0 saturated heterocycles. The molecule has 0 bridgehead atoms. The summed E-state index contributed by atoms with van der Waals surface area (Å²) in [6.45, 7) is 6.62. The van der Waals surface area contributed by atoms with Crippen LogP contribution in [0.15, 0.2) is 56.8 Å². The van der Waals surface area contributed by atoms with Gasteiger partial charge in [0.25, 0.3) is 0 Å². The molecule has 8 atom stereocenters. The molecule has 9 nitrogen and oxygen atoms in total. The summed E-state index contributed by atoms with van der Waals surface area (Å²) in [4.78, 5) is 24.9. The molecule has 1 aromatic heterocycles. The summed E-state index contributed by atoms with van der Waals surface area (Å²) in [5.74, 6) is 1.32. The van der Waals surface area contributed by atoms with Gasteiger partial charge < -0.3 is 19.6 Å². The van der Waals surface area contributed by atoms with Crippen LogP contribution in [0.1, 0.15) is 114 Å². The number of benzene rings is 1. The fraction of sp³-hybridized carbons (Fsp3) is 0.684. The Balaban J connectivity index is 0.912. The van der Waals surface area contributed by atoms with Crippen molar-refractivity contribution in [1.82, 2.24) is 10.0 Å². The van der Waals surface area contributed by atoms with Gasteiger partial charge in [-0.15, -0.1) is 0 Å². The van der Waals surface area contributed by atoms with E-state index in [1.807, 2.05) is 13.0 Å². The van der Waals surface area contributed by atoms with Crippen molar-refractivity contribution in [2.45, 2.75) is 139 Å². The number of hydrogen-bond acceptors (Lipinski definition) is 7. The first kappa shape index (κ1) is 33.8. The number of carbonyl (C=O) groups is 1. The maximum atomic E-state index is 13.0. The Morgan fingerprint density at radius 3 is 2.31 bits per heavy atom. The fourth-order valence-electron chi connectivity index (χ4n) is 11.1. The summed E-state index contributed by atoms with van der Waals surface area (Å²) in [6.07, 6.45) is 12.3. The second kappa shape index (κ2) is 12.6. The van der Waals surface area contributed by atoms with Gasteiger partial charge in [0.15, 0.2) is 0 Å². The maximum absolute atomic E-state index is 13.0. The second-order valence-electron chi connectivity index (χ2n) is 16.3. The molecule has 0 unspecified atom stereocenters. The smallest absolute Gasteiger partial charge is 0.407 e. The third kappa shape index (κ3) is 5.93. The molecule has 7 rings (SSSR count). The van der Waals surface area contributed by atoms with Crippen LogP contribution in [0.3, 0.4) is 0 Å². The number of hydrogen-bond donors (Lipinski definition) is 3. The Bertz CT molecular complexity index is 1650. The maximum Gasteiger partial charge on any atom is 0.407 e. The van der Waals surface area contributed by atoms with Gasteiger partial charge >= 0.3 is 11.7 Å². The van der Waals surface area contributed by atoms with Crippen molar-refractivity contribution >= 4 is 16.1 Å². The minimum Gasteiger partial charge on any atom is -0.446 e. The van der Waals surface area contributed by atoms with Gasteiger partial charge in [0.2, 0.25) is 10.0 Å². The first-order valence-corrected chi connectivity index (χ1v) is 19.7. The molecule has 1 heterocycles. The van der Waals surface area contributed by atoms with Crippen molar-refractivity contribution in [2.24, 2.45) is 28.6 Å². The number of sulfonamides is 1. The van der Waals surface area contributed by atoms with Gasteiger partial charge in [-0.1, -0.05) is 31.5 Å². The SMILES string of the molecule is Cc1ccc(S(=O)(=O)NC2CCC(NC(=O)O[C@H]3CC[C@@]4(C)[C@H](CC[C@@H]5[C@@H]4CC[C@]4(C)[C@@H](c6ccc(=O)oc6)CC[C@]54O)C3)CC2)cc1. The number of alkyl carbamates (subject to hydrolysis) is 1. The van der Waals surface area contributed by atoms with Crippen molar-refractivity contribution in [3.05, 3.63) is 64.2 Å². The Labute approximate surface area is 284 Å². The van der Waals surface area contributed by atoms with Gasteiger partial charge in [-0.05, 0) is 143 Å². The monoisotopic (exact) mass is 680 g/mol. The molecular weight excluding hydrogens is 628 g/mol. The van der Waals surface area contributed by atoms with Crippen LogP contribution in [-0.4, -0.2) is 43.4 Å². The van der Waals surface area contributed by atoms with Gasteiger partial charge in [0.05, 0.1) is 16.8 Å². The van der Waals surface area contributed by atoms with E-state index < -0.39 is 15.6 Å². The van der Waals surface area contributed by atoms with E-state index in [4.69, 9.17) is 9.15 Å². The van der Waals surface area contributed by atoms with E-state index in [2.05, 4.69) is 23.9 Å².